The van der Waals surface area contributed by atoms with Crippen LogP contribution in [0.5, 0.6) is 5.75 Å². The van der Waals surface area contributed by atoms with Crippen LogP contribution >= 0.6 is 0 Å². The Morgan fingerprint density at radius 1 is 1.13 bits per heavy atom. The van der Waals surface area contributed by atoms with E-state index in [1.54, 1.807) is 33.8 Å². The van der Waals surface area contributed by atoms with Crippen LogP contribution in [0.2, 0.25) is 0 Å². The second kappa shape index (κ2) is 10.5. The molecule has 0 spiro atoms. The second-order valence-electron chi connectivity index (χ2n) is 12.2. The van der Waals surface area contributed by atoms with E-state index in [0.29, 0.717) is 18.6 Å². The molecule has 0 aliphatic carbocycles. The van der Waals surface area contributed by atoms with Gasteiger partial charge in [0.1, 0.15) is 5.75 Å². The number of halogens is 3. The molecule has 1 aliphatic rings. The maximum absolute atomic E-state index is 13.6. The van der Waals surface area contributed by atoms with Gasteiger partial charge in [0.15, 0.2) is 5.49 Å². The van der Waals surface area contributed by atoms with E-state index in [9.17, 15) is 23.1 Å². The summed E-state index contributed by atoms with van der Waals surface area (Å²) in [4.78, 5) is 17.8. The van der Waals surface area contributed by atoms with Gasteiger partial charge in [0, 0.05) is 36.2 Å². The van der Waals surface area contributed by atoms with Crippen LogP contribution in [0.25, 0.3) is 0 Å². The molecular weight excluding hydrogens is 499 g/mol. The Hall–Kier alpha value is -2.59. The number of carbonyl (C=O) groups is 1. The highest BCUT2D eigenvalue weighted by Crippen LogP contribution is 2.35. The lowest BCUT2D eigenvalue weighted by Crippen LogP contribution is -2.43. The highest BCUT2D eigenvalue weighted by Gasteiger charge is 2.37. The molecule has 1 aromatic heterocycles. The number of aromatic nitrogens is 2. The summed E-state index contributed by atoms with van der Waals surface area (Å²) in [7, 11) is 1.87. The normalized spacial score (nSPS) is 17.8. The van der Waals surface area contributed by atoms with Gasteiger partial charge < -0.3 is 14.6 Å². The van der Waals surface area contributed by atoms with E-state index in [2.05, 4.69) is 4.99 Å². The summed E-state index contributed by atoms with van der Waals surface area (Å²) in [5.41, 5.74) is -2.17. The predicted molar refractivity (Wildman–Crippen MR) is 138 cm³/mol. The predicted octanol–water partition coefficient (Wildman–Crippen LogP) is 5.24. The molecular formula is C28H40F3N3O4. The van der Waals surface area contributed by atoms with Gasteiger partial charge in [0.2, 0.25) is 0 Å². The fourth-order valence-electron chi connectivity index (χ4n) is 4.16. The van der Waals surface area contributed by atoms with Crippen molar-refractivity contribution in [2.24, 2.45) is 17.5 Å². The Morgan fingerprint density at radius 3 is 2.32 bits per heavy atom. The van der Waals surface area contributed by atoms with Crippen molar-refractivity contribution in [1.82, 2.24) is 9.36 Å². The maximum atomic E-state index is 13.6. The molecule has 1 aromatic carbocycles. The molecule has 38 heavy (non-hydrogen) atoms. The summed E-state index contributed by atoms with van der Waals surface area (Å²) in [6.45, 7) is 14.0. The minimum absolute atomic E-state index is 0.0262. The number of hydrogen-bond acceptors (Lipinski definition) is 4. The van der Waals surface area contributed by atoms with Crippen molar-refractivity contribution in [2.45, 2.75) is 91.1 Å². The number of aliphatic hydroxyl groups is 1. The summed E-state index contributed by atoms with van der Waals surface area (Å²) >= 11 is 0. The highest BCUT2D eigenvalue weighted by atomic mass is 19.4. The molecule has 1 N–H and O–H groups in total. The Kier molecular flexibility index (Phi) is 8.30. The lowest BCUT2D eigenvalue weighted by molar-refractivity contribution is -0.137. The summed E-state index contributed by atoms with van der Waals surface area (Å²) in [6, 6.07) is 4.58. The van der Waals surface area contributed by atoms with E-state index < -0.39 is 28.7 Å². The molecule has 2 heterocycles. The molecule has 1 aliphatic heterocycles. The van der Waals surface area contributed by atoms with Crippen molar-refractivity contribution in [1.29, 1.82) is 0 Å². The first-order valence-electron chi connectivity index (χ1n) is 12.9. The van der Waals surface area contributed by atoms with Crippen molar-refractivity contribution in [3.05, 3.63) is 46.6 Å². The minimum Gasteiger partial charge on any atom is -0.492 e. The van der Waals surface area contributed by atoms with Crippen molar-refractivity contribution < 1.29 is 32.5 Å². The van der Waals surface area contributed by atoms with Crippen LogP contribution in [0.15, 0.2) is 29.3 Å². The van der Waals surface area contributed by atoms with Crippen molar-refractivity contribution in [3.63, 3.8) is 0 Å². The third-order valence-electron chi connectivity index (χ3n) is 7.41. The van der Waals surface area contributed by atoms with E-state index >= 15 is 0 Å². The average Bonchev–Trinajstić information content (AvgIpc) is 3.39. The maximum Gasteiger partial charge on any atom is 0.416 e. The standard InChI is InChI=1S/C28H40F3N3O4/c1-25(2,3)22-15-23(34(33(22)8)16-19-10-9-13-37-19)32-24(35)20-14-18(28(29,30)31)11-12-21(20)38-17-26(4,5)27(6,7)36/h11-12,14-15,19,36H,9-10,13,16-17H2,1-8H3/t19-/m1/s1. The monoisotopic (exact) mass is 539 g/mol. The highest BCUT2D eigenvalue weighted by molar-refractivity contribution is 5.97. The Balaban J connectivity index is 2.10. The second-order valence-corrected chi connectivity index (χ2v) is 12.2. The van der Waals surface area contributed by atoms with Crippen LogP contribution in [-0.2, 0) is 29.9 Å². The van der Waals surface area contributed by atoms with Gasteiger partial charge in [-0.1, -0.05) is 34.6 Å². The summed E-state index contributed by atoms with van der Waals surface area (Å²) in [6.07, 6.45) is -2.87. The largest absolute Gasteiger partial charge is 0.492 e. The molecule has 0 saturated carbocycles. The van der Waals surface area contributed by atoms with Crippen LogP contribution in [0.3, 0.4) is 0 Å². The molecule has 1 fully saturated rings. The Morgan fingerprint density at radius 2 is 1.79 bits per heavy atom. The van der Waals surface area contributed by atoms with Gasteiger partial charge in [0.05, 0.1) is 36.0 Å². The Labute approximate surface area is 222 Å². The molecule has 1 atom stereocenters. The number of carbonyl (C=O) groups excluding carboxylic acids is 1. The van der Waals surface area contributed by atoms with Gasteiger partial charge in [-0.25, -0.2) is 0 Å². The van der Waals surface area contributed by atoms with Gasteiger partial charge in [0.25, 0.3) is 5.91 Å². The van der Waals surface area contributed by atoms with E-state index in [-0.39, 0.29) is 29.4 Å². The number of nitrogens with zero attached hydrogens (tertiary/aromatic N) is 3. The smallest absolute Gasteiger partial charge is 0.416 e. The molecule has 0 bridgehead atoms. The number of rotatable bonds is 7. The van der Waals surface area contributed by atoms with Crippen molar-refractivity contribution >= 4 is 5.91 Å². The first-order valence-corrected chi connectivity index (χ1v) is 12.9. The van der Waals surface area contributed by atoms with Crippen molar-refractivity contribution in [2.75, 3.05) is 13.2 Å². The van der Waals surface area contributed by atoms with Gasteiger partial charge in [-0.2, -0.15) is 18.2 Å². The molecule has 0 unspecified atom stereocenters. The lowest BCUT2D eigenvalue weighted by Gasteiger charge is -2.36. The zero-order valence-electron chi connectivity index (χ0n) is 23.6. The SMILES string of the molecule is Cn1c(C(C)(C)C)cc(=NC(=O)c2cc(C(F)(F)F)ccc2OCC(C)(C)C(C)(C)O)n1C[C@H]1CCCO1. The van der Waals surface area contributed by atoms with Crippen LogP contribution in [0, 0.1) is 5.41 Å². The number of amides is 1. The molecule has 0 radical (unpaired) electrons. The third kappa shape index (κ3) is 6.69. The molecule has 3 rings (SSSR count). The van der Waals surface area contributed by atoms with Crippen LogP contribution < -0.4 is 10.2 Å². The topological polar surface area (TPSA) is 78.0 Å². The average molecular weight is 540 g/mol. The summed E-state index contributed by atoms with van der Waals surface area (Å²) in [5.74, 6) is -0.874. The number of alkyl halides is 3. The summed E-state index contributed by atoms with van der Waals surface area (Å²) < 4.78 is 56.1. The number of benzene rings is 1. The Bertz CT molecular complexity index is 1220. The van der Waals surface area contributed by atoms with Gasteiger partial charge in [-0.3, -0.25) is 14.2 Å². The fraction of sp³-hybridized carbons (Fsp3) is 0.643. The minimum atomic E-state index is -4.65. The quantitative estimate of drug-likeness (QED) is 0.522. The molecule has 7 nitrogen and oxygen atoms in total. The number of ether oxygens (including phenoxy) is 2. The first-order chi connectivity index (χ1) is 17.3. The fourth-order valence-corrected chi connectivity index (χ4v) is 4.16. The van der Waals surface area contributed by atoms with Crippen LogP contribution in [0.1, 0.15) is 82.9 Å². The van der Waals surface area contributed by atoms with Gasteiger partial charge in [-0.15, -0.1) is 0 Å². The zero-order chi connectivity index (χ0) is 28.7. The number of hydrogen-bond donors (Lipinski definition) is 1. The molecule has 1 amide bonds. The van der Waals surface area contributed by atoms with Crippen LogP contribution in [0.4, 0.5) is 13.2 Å². The van der Waals surface area contributed by atoms with E-state index in [1.807, 2.05) is 37.2 Å². The molecule has 10 heteroatoms. The van der Waals surface area contributed by atoms with E-state index in [4.69, 9.17) is 9.47 Å². The van der Waals surface area contributed by atoms with Crippen molar-refractivity contribution in [3.8, 4) is 5.75 Å². The van der Waals surface area contributed by atoms with E-state index in [1.165, 1.54) is 0 Å². The molecule has 2 aromatic rings. The van der Waals surface area contributed by atoms with Crippen LogP contribution in [-0.4, -0.2) is 45.3 Å². The van der Waals surface area contributed by atoms with Gasteiger partial charge in [-0.05, 0) is 44.9 Å². The molecule has 212 valence electrons. The van der Waals surface area contributed by atoms with E-state index in [0.717, 1.165) is 36.7 Å². The first kappa shape index (κ1) is 30.0. The zero-order valence-corrected chi connectivity index (χ0v) is 23.6. The molecule has 1 saturated heterocycles. The summed E-state index contributed by atoms with van der Waals surface area (Å²) in [5, 5.41) is 10.5. The van der Waals surface area contributed by atoms with Gasteiger partial charge >= 0.3 is 6.18 Å². The lowest BCUT2D eigenvalue weighted by atomic mass is 9.78. The third-order valence-corrected chi connectivity index (χ3v) is 7.41.